The van der Waals surface area contributed by atoms with Crippen LogP contribution in [0.1, 0.15) is 64.1 Å². The molecule has 12 heteroatoms. The molecule has 51 heavy (non-hydrogen) atoms. The van der Waals surface area contributed by atoms with Gasteiger partial charge in [0.25, 0.3) is 5.91 Å². The Hall–Kier alpha value is -4.26. The lowest BCUT2D eigenvalue weighted by molar-refractivity contribution is -0.138. The topological polar surface area (TPSA) is 139 Å². The summed E-state index contributed by atoms with van der Waals surface area (Å²) < 4.78 is 21.7. The molecule has 0 radical (unpaired) electrons. The van der Waals surface area contributed by atoms with Gasteiger partial charge >= 0.3 is 5.97 Å². The van der Waals surface area contributed by atoms with E-state index >= 15 is 0 Å². The zero-order valence-corrected chi connectivity index (χ0v) is 29.6. The quantitative estimate of drug-likeness (QED) is 0.0629. The van der Waals surface area contributed by atoms with Gasteiger partial charge in [-0.1, -0.05) is 29.8 Å². The van der Waals surface area contributed by atoms with Crippen LogP contribution in [-0.2, 0) is 30.2 Å². The number of carboxylic acid groups (broad SMARTS) is 1. The number of carboxylic acids is 1. The van der Waals surface area contributed by atoms with Crippen LogP contribution in [-0.4, -0.2) is 93.7 Å². The van der Waals surface area contributed by atoms with Crippen LogP contribution in [0, 0.1) is 0 Å². The van der Waals surface area contributed by atoms with Gasteiger partial charge in [-0.3, -0.25) is 14.4 Å². The third-order valence-corrected chi connectivity index (χ3v) is 8.80. The predicted molar refractivity (Wildman–Crippen MR) is 197 cm³/mol. The first-order valence-corrected chi connectivity index (χ1v) is 17.9. The summed E-state index contributed by atoms with van der Waals surface area (Å²) >= 11 is 6.19. The van der Waals surface area contributed by atoms with E-state index in [1.54, 1.807) is 18.2 Å². The third kappa shape index (κ3) is 11.9. The third-order valence-electron chi connectivity index (χ3n) is 8.57. The number of anilines is 2. The van der Waals surface area contributed by atoms with E-state index in [1.807, 2.05) is 48.5 Å². The molecular formula is C39H46ClN3O8. The minimum absolute atomic E-state index is 0.0165. The van der Waals surface area contributed by atoms with Crippen molar-refractivity contribution >= 4 is 51.5 Å². The molecule has 1 aliphatic heterocycles. The lowest BCUT2D eigenvalue weighted by Gasteiger charge is -2.29. The number of amides is 1. The van der Waals surface area contributed by atoms with Gasteiger partial charge in [0.15, 0.2) is 0 Å². The Balaban J connectivity index is 1.10. The second kappa shape index (κ2) is 20.0. The van der Waals surface area contributed by atoms with Gasteiger partial charge in [0.05, 0.1) is 64.1 Å². The lowest BCUT2D eigenvalue weighted by atomic mass is 10.0. The molecule has 1 fully saturated rings. The van der Waals surface area contributed by atoms with Crippen LogP contribution in [0.2, 0.25) is 5.02 Å². The molecule has 0 unspecified atom stereocenters. The van der Waals surface area contributed by atoms with E-state index in [2.05, 4.69) is 15.2 Å². The van der Waals surface area contributed by atoms with E-state index in [4.69, 9.17) is 35.7 Å². The number of rotatable bonds is 21. The molecule has 0 spiro atoms. The summed E-state index contributed by atoms with van der Waals surface area (Å²) in [4.78, 5) is 43.4. The van der Waals surface area contributed by atoms with Crippen molar-refractivity contribution in [3.63, 3.8) is 0 Å². The molecule has 1 aliphatic rings. The maximum atomic E-state index is 14.0. The number of aliphatic carboxylic acids is 1. The van der Waals surface area contributed by atoms with E-state index in [9.17, 15) is 14.4 Å². The SMILES string of the molecule is O=C(O)CCOCCOCCOCCOCCCc1cccc(C(=O)Nc2ccc(N3CCCCC3)cc2C(=O)c2cc3ccc(Cl)cc3[nH]2)c1. The molecule has 2 heterocycles. The van der Waals surface area contributed by atoms with Crippen LogP contribution in [0.25, 0.3) is 10.9 Å². The van der Waals surface area contributed by atoms with E-state index < -0.39 is 5.97 Å². The van der Waals surface area contributed by atoms with Crippen molar-refractivity contribution < 1.29 is 38.4 Å². The summed E-state index contributed by atoms with van der Waals surface area (Å²) in [5, 5.41) is 13.0. The van der Waals surface area contributed by atoms with Crippen LogP contribution >= 0.6 is 11.6 Å². The zero-order chi connectivity index (χ0) is 35.8. The largest absolute Gasteiger partial charge is 0.481 e. The first kappa shape index (κ1) is 38.0. The molecule has 272 valence electrons. The fourth-order valence-electron chi connectivity index (χ4n) is 5.91. The number of halogens is 1. The van der Waals surface area contributed by atoms with Gasteiger partial charge in [0.1, 0.15) is 0 Å². The van der Waals surface area contributed by atoms with Crippen molar-refractivity contribution in [3.8, 4) is 0 Å². The van der Waals surface area contributed by atoms with E-state index in [0.29, 0.717) is 73.8 Å². The number of carbonyl (C=O) groups is 3. The number of ether oxygens (including phenoxy) is 4. The lowest BCUT2D eigenvalue weighted by Crippen LogP contribution is -2.29. The van der Waals surface area contributed by atoms with Crippen molar-refractivity contribution in [2.75, 3.05) is 76.2 Å². The first-order valence-electron chi connectivity index (χ1n) is 17.5. The number of hydrogen-bond donors (Lipinski definition) is 3. The highest BCUT2D eigenvalue weighted by Gasteiger charge is 2.21. The summed E-state index contributed by atoms with van der Waals surface area (Å²) in [7, 11) is 0. The number of aryl methyl sites for hydroxylation is 1. The van der Waals surface area contributed by atoms with Crippen LogP contribution in [0.5, 0.6) is 0 Å². The van der Waals surface area contributed by atoms with Gasteiger partial charge in [-0.15, -0.1) is 0 Å². The second-order valence-electron chi connectivity index (χ2n) is 12.4. The highest BCUT2D eigenvalue weighted by atomic mass is 35.5. The monoisotopic (exact) mass is 719 g/mol. The number of nitrogens with zero attached hydrogens (tertiary/aromatic N) is 1. The second-order valence-corrected chi connectivity index (χ2v) is 12.8. The smallest absolute Gasteiger partial charge is 0.305 e. The molecule has 11 nitrogen and oxygen atoms in total. The van der Waals surface area contributed by atoms with Crippen molar-refractivity contribution in [1.29, 1.82) is 0 Å². The van der Waals surface area contributed by atoms with E-state index in [0.717, 1.165) is 60.9 Å². The molecule has 1 amide bonds. The molecule has 3 N–H and O–H groups in total. The Bertz CT molecular complexity index is 1750. The fraction of sp³-hybridized carbons (Fsp3) is 0.410. The van der Waals surface area contributed by atoms with Gasteiger partial charge < -0.3 is 39.3 Å². The number of benzene rings is 3. The molecule has 3 aromatic carbocycles. The van der Waals surface area contributed by atoms with Crippen molar-refractivity contribution in [2.45, 2.75) is 38.5 Å². The van der Waals surface area contributed by atoms with Gasteiger partial charge in [-0.05, 0) is 86.2 Å². The Kier molecular flexibility index (Phi) is 14.9. The number of hydrogen-bond acceptors (Lipinski definition) is 8. The molecule has 1 aromatic heterocycles. The fourth-order valence-corrected chi connectivity index (χ4v) is 6.08. The molecule has 0 aliphatic carbocycles. The van der Waals surface area contributed by atoms with Crippen LogP contribution < -0.4 is 10.2 Å². The Morgan fingerprint density at radius 2 is 1.49 bits per heavy atom. The molecule has 0 saturated carbocycles. The number of H-pyrrole nitrogens is 1. The highest BCUT2D eigenvalue weighted by molar-refractivity contribution is 6.31. The van der Waals surface area contributed by atoms with Gasteiger partial charge in [-0.25, -0.2) is 0 Å². The highest BCUT2D eigenvalue weighted by Crippen LogP contribution is 2.29. The number of aromatic amines is 1. The zero-order valence-electron chi connectivity index (χ0n) is 28.8. The van der Waals surface area contributed by atoms with Gasteiger partial charge in [0.2, 0.25) is 5.78 Å². The Labute approximate surface area is 303 Å². The van der Waals surface area contributed by atoms with Crippen LogP contribution in [0.4, 0.5) is 11.4 Å². The average molecular weight is 720 g/mol. The summed E-state index contributed by atoms with van der Waals surface area (Å²) in [6, 6.07) is 20.5. The minimum atomic E-state index is -0.883. The van der Waals surface area contributed by atoms with Gasteiger partial charge in [-0.2, -0.15) is 0 Å². The maximum absolute atomic E-state index is 14.0. The maximum Gasteiger partial charge on any atom is 0.305 e. The van der Waals surface area contributed by atoms with Crippen LogP contribution in [0.3, 0.4) is 0 Å². The number of carbonyl (C=O) groups excluding carboxylic acids is 2. The number of piperidine rings is 1. The summed E-state index contributed by atoms with van der Waals surface area (Å²) in [5.74, 6) is -1.38. The predicted octanol–water partition coefficient (Wildman–Crippen LogP) is 6.77. The molecule has 0 bridgehead atoms. The van der Waals surface area contributed by atoms with E-state index in [1.165, 1.54) is 6.42 Å². The standard InChI is InChI=1S/C39H46ClN3O8/c40-31-10-9-29-25-36(41-35(29)26-31)38(46)33-27-32(43-14-2-1-3-15-43)11-12-34(33)42-39(47)30-8-4-6-28(24-30)7-5-16-48-18-20-50-22-23-51-21-19-49-17-13-37(44)45/h4,6,8-12,24-27,41H,1-3,5,7,13-23H2,(H,42,47)(H,44,45). The van der Waals surface area contributed by atoms with E-state index in [-0.39, 0.29) is 24.7 Å². The number of aromatic nitrogens is 1. The number of ketones is 1. The van der Waals surface area contributed by atoms with Crippen molar-refractivity contribution in [3.05, 3.63) is 94.1 Å². The minimum Gasteiger partial charge on any atom is -0.481 e. The Morgan fingerprint density at radius 1 is 0.784 bits per heavy atom. The van der Waals surface area contributed by atoms with Gasteiger partial charge in [0, 0.05) is 52.4 Å². The number of nitrogens with one attached hydrogen (secondary N) is 2. The van der Waals surface area contributed by atoms with Crippen LogP contribution in [0.15, 0.2) is 66.7 Å². The van der Waals surface area contributed by atoms with Crippen molar-refractivity contribution in [1.82, 2.24) is 4.98 Å². The summed E-state index contributed by atoms with van der Waals surface area (Å²) in [6.45, 7) is 5.10. The molecule has 1 saturated heterocycles. The normalized spacial score (nSPS) is 13.1. The molecule has 5 rings (SSSR count). The summed E-state index contributed by atoms with van der Waals surface area (Å²) in [5.41, 5.74) is 4.57. The Morgan fingerprint density at radius 3 is 2.22 bits per heavy atom. The van der Waals surface area contributed by atoms with Crippen molar-refractivity contribution in [2.24, 2.45) is 0 Å². The molecule has 4 aromatic rings. The average Bonchev–Trinajstić information content (AvgIpc) is 3.57. The molecule has 0 atom stereocenters. The molecular weight excluding hydrogens is 674 g/mol. The number of fused-ring (bicyclic) bond motifs is 1. The first-order chi connectivity index (χ1) is 24.9. The summed E-state index contributed by atoms with van der Waals surface area (Å²) in [6.07, 6.45) is 4.92.